The molecule has 0 unspecified atom stereocenters. The predicted molar refractivity (Wildman–Crippen MR) is 117 cm³/mol. The molecule has 4 nitrogen and oxygen atoms in total. The lowest BCUT2D eigenvalue weighted by molar-refractivity contribution is -0.143. The van der Waals surface area contributed by atoms with Gasteiger partial charge in [0.15, 0.2) is 6.10 Å². The third-order valence-corrected chi connectivity index (χ3v) is 5.64. The van der Waals surface area contributed by atoms with Crippen LogP contribution >= 0.6 is 0 Å². The summed E-state index contributed by atoms with van der Waals surface area (Å²) in [6.07, 6.45) is 14.7. The van der Waals surface area contributed by atoms with Gasteiger partial charge in [-0.1, -0.05) is 49.0 Å². The summed E-state index contributed by atoms with van der Waals surface area (Å²) in [5, 5.41) is 9.75. The molecule has 0 radical (unpaired) electrons. The highest BCUT2D eigenvalue weighted by molar-refractivity contribution is 5.83. The van der Waals surface area contributed by atoms with E-state index in [2.05, 4.69) is 31.7 Å². The first kappa shape index (κ1) is 23.4. The Hall–Kier alpha value is -1.91. The van der Waals surface area contributed by atoms with Crippen LogP contribution in [0.25, 0.3) is 0 Å². The van der Waals surface area contributed by atoms with Crippen molar-refractivity contribution < 1.29 is 19.4 Å². The number of hydrogen-bond donors (Lipinski definition) is 1. The Bertz CT molecular complexity index is 738. The molecule has 0 amide bonds. The zero-order valence-electron chi connectivity index (χ0n) is 18.5. The summed E-state index contributed by atoms with van der Waals surface area (Å²) < 4.78 is 11.8. The Kier molecular flexibility index (Phi) is 7.84. The number of aliphatic hydroxyl groups is 1. The third kappa shape index (κ3) is 6.83. The number of hydrogen-bond acceptors (Lipinski definition) is 4. The molecule has 1 aliphatic carbocycles. The maximum atomic E-state index is 12.3. The van der Waals surface area contributed by atoms with E-state index in [1.807, 2.05) is 39.8 Å². The van der Waals surface area contributed by atoms with Crippen LogP contribution in [0.3, 0.4) is 0 Å². The zero-order chi connectivity index (χ0) is 21.7. The normalized spacial score (nSPS) is 34.9. The van der Waals surface area contributed by atoms with E-state index in [1.54, 1.807) is 0 Å². The summed E-state index contributed by atoms with van der Waals surface area (Å²) in [5.74, 6) is -0.344. The molecule has 2 aliphatic rings. The van der Waals surface area contributed by atoms with Crippen molar-refractivity contribution >= 4 is 5.97 Å². The van der Waals surface area contributed by atoms with E-state index in [0.29, 0.717) is 0 Å². The molecule has 1 heterocycles. The summed E-state index contributed by atoms with van der Waals surface area (Å²) in [5.41, 5.74) is 2.25. The highest BCUT2D eigenvalue weighted by Crippen LogP contribution is 2.45. The second-order valence-electron chi connectivity index (χ2n) is 9.10. The van der Waals surface area contributed by atoms with E-state index < -0.39 is 11.7 Å². The Morgan fingerprint density at radius 1 is 1.38 bits per heavy atom. The minimum atomic E-state index is -0.527. The largest absolute Gasteiger partial charge is 0.452 e. The van der Waals surface area contributed by atoms with Crippen LogP contribution in [0.5, 0.6) is 0 Å². The van der Waals surface area contributed by atoms with E-state index in [1.165, 1.54) is 6.08 Å². The van der Waals surface area contributed by atoms with Crippen LogP contribution in [-0.2, 0) is 14.3 Å². The van der Waals surface area contributed by atoms with Crippen LogP contribution in [0, 0.1) is 5.41 Å². The Balaban J connectivity index is 2.32. The maximum absolute atomic E-state index is 12.3. The van der Waals surface area contributed by atoms with Crippen molar-refractivity contribution in [1.29, 1.82) is 0 Å². The van der Waals surface area contributed by atoms with Crippen molar-refractivity contribution in [2.45, 2.75) is 78.1 Å². The van der Waals surface area contributed by atoms with Gasteiger partial charge in [0, 0.05) is 6.08 Å². The first-order valence-corrected chi connectivity index (χ1v) is 10.4. The van der Waals surface area contributed by atoms with Gasteiger partial charge < -0.3 is 14.6 Å². The lowest BCUT2D eigenvalue weighted by atomic mass is 9.81. The van der Waals surface area contributed by atoms with Gasteiger partial charge in [-0.15, -0.1) is 0 Å². The number of allylic oxidation sites excluding steroid dienone is 6. The summed E-state index contributed by atoms with van der Waals surface area (Å²) >= 11 is 0. The number of esters is 1. The van der Waals surface area contributed by atoms with Crippen LogP contribution in [-0.4, -0.2) is 35.5 Å². The van der Waals surface area contributed by atoms with Gasteiger partial charge in [-0.3, -0.25) is 0 Å². The SMILES string of the molecule is C=C(C)/C=C/C[C@]1(C)/C=C/[C@@H](OC(=O)C=C(C)C)[C@]2(C)O[C@@H]2CC/C(CO)=C\C1. The molecule has 0 saturated carbocycles. The second-order valence-corrected chi connectivity index (χ2v) is 9.10. The number of epoxide rings is 1. The van der Waals surface area contributed by atoms with E-state index in [9.17, 15) is 9.90 Å². The van der Waals surface area contributed by atoms with Crippen molar-refractivity contribution in [2.75, 3.05) is 6.61 Å². The van der Waals surface area contributed by atoms with E-state index in [4.69, 9.17) is 9.47 Å². The zero-order valence-corrected chi connectivity index (χ0v) is 18.5. The Morgan fingerprint density at radius 3 is 2.72 bits per heavy atom. The van der Waals surface area contributed by atoms with Crippen LogP contribution in [0.2, 0.25) is 0 Å². The van der Waals surface area contributed by atoms with E-state index in [0.717, 1.165) is 42.4 Å². The summed E-state index contributed by atoms with van der Waals surface area (Å²) in [6.45, 7) is 13.9. The molecule has 0 bridgehead atoms. The van der Waals surface area contributed by atoms with Crippen LogP contribution in [0.4, 0.5) is 0 Å². The molecule has 0 spiro atoms. The van der Waals surface area contributed by atoms with Gasteiger partial charge in [0.05, 0.1) is 12.7 Å². The number of ether oxygens (including phenoxy) is 2. The lowest BCUT2D eigenvalue weighted by Gasteiger charge is -2.25. The molecular weight excluding hydrogens is 364 g/mol. The quantitative estimate of drug-likeness (QED) is 0.219. The fourth-order valence-electron chi connectivity index (χ4n) is 3.62. The van der Waals surface area contributed by atoms with Crippen molar-refractivity contribution in [3.8, 4) is 0 Å². The molecule has 0 aromatic heterocycles. The molecule has 29 heavy (non-hydrogen) atoms. The molecule has 4 atom stereocenters. The number of carbonyl (C=O) groups is 1. The van der Waals surface area contributed by atoms with E-state index >= 15 is 0 Å². The first-order valence-electron chi connectivity index (χ1n) is 10.4. The number of carbonyl (C=O) groups excluding carboxylic acids is 1. The van der Waals surface area contributed by atoms with Crippen molar-refractivity contribution in [1.82, 2.24) is 0 Å². The number of rotatable bonds is 6. The average Bonchev–Trinajstić information content (AvgIpc) is 3.28. The number of fused-ring (bicyclic) bond motifs is 1. The highest BCUT2D eigenvalue weighted by Gasteiger charge is 2.58. The maximum Gasteiger partial charge on any atom is 0.331 e. The molecule has 1 saturated heterocycles. The highest BCUT2D eigenvalue weighted by atomic mass is 16.6. The fraction of sp³-hybridized carbons (Fsp3) is 0.560. The Labute approximate surface area is 175 Å². The second kappa shape index (κ2) is 9.73. The summed E-state index contributed by atoms with van der Waals surface area (Å²) in [7, 11) is 0. The summed E-state index contributed by atoms with van der Waals surface area (Å²) in [4.78, 5) is 12.3. The molecule has 0 aromatic carbocycles. The molecule has 1 N–H and O–H groups in total. The molecule has 4 heteroatoms. The minimum absolute atomic E-state index is 0.0132. The first-order chi connectivity index (χ1) is 13.6. The van der Waals surface area contributed by atoms with E-state index in [-0.39, 0.29) is 24.1 Å². The molecular formula is C25H36O4. The van der Waals surface area contributed by atoms with Gasteiger partial charge in [-0.05, 0) is 70.4 Å². The van der Waals surface area contributed by atoms with Gasteiger partial charge in [0.25, 0.3) is 0 Å². The van der Waals surface area contributed by atoms with Crippen LogP contribution < -0.4 is 0 Å². The van der Waals surface area contributed by atoms with Crippen LogP contribution in [0.1, 0.15) is 60.3 Å². The molecule has 1 aliphatic heterocycles. The van der Waals surface area contributed by atoms with Crippen molar-refractivity contribution in [3.63, 3.8) is 0 Å². The van der Waals surface area contributed by atoms with Gasteiger partial charge in [0.1, 0.15) is 5.60 Å². The Morgan fingerprint density at radius 2 is 2.10 bits per heavy atom. The monoisotopic (exact) mass is 400 g/mol. The standard InChI is InChI=1S/C25H36O4/c1-18(2)8-7-13-24(5)14-11-20(17-26)9-10-22-25(6,29-22)21(12-15-24)28-23(27)16-19(3)4/h7-8,11-12,15-16,21-22,26H,1,9-10,13-14,17H2,2-6H3/b8-7+,15-12+,20-11+/t21-,22-,24+,25+/m1/s1. The molecule has 160 valence electrons. The smallest absolute Gasteiger partial charge is 0.331 e. The van der Waals surface area contributed by atoms with Gasteiger partial charge in [0.2, 0.25) is 0 Å². The topological polar surface area (TPSA) is 59.1 Å². The van der Waals surface area contributed by atoms with Gasteiger partial charge in [-0.2, -0.15) is 0 Å². The van der Waals surface area contributed by atoms with Gasteiger partial charge >= 0.3 is 5.97 Å². The predicted octanol–water partition coefficient (Wildman–Crippen LogP) is 5.21. The molecule has 1 fully saturated rings. The third-order valence-electron chi connectivity index (χ3n) is 5.64. The average molecular weight is 401 g/mol. The van der Waals surface area contributed by atoms with Crippen molar-refractivity contribution in [2.24, 2.45) is 5.41 Å². The lowest BCUT2D eigenvalue weighted by Crippen LogP contribution is -2.32. The van der Waals surface area contributed by atoms with Crippen molar-refractivity contribution in [3.05, 3.63) is 59.8 Å². The molecule has 0 aromatic rings. The van der Waals surface area contributed by atoms with Gasteiger partial charge in [-0.25, -0.2) is 4.79 Å². The summed E-state index contributed by atoms with van der Waals surface area (Å²) in [6, 6.07) is 0. The minimum Gasteiger partial charge on any atom is -0.452 e. The van der Waals surface area contributed by atoms with Crippen LogP contribution in [0.15, 0.2) is 59.8 Å². The molecule has 2 rings (SSSR count). The fourth-order valence-corrected chi connectivity index (χ4v) is 3.62. The number of aliphatic hydroxyl groups excluding tert-OH is 1.